The summed E-state index contributed by atoms with van der Waals surface area (Å²) >= 11 is 0. The Balaban J connectivity index is 4.91. The standard InChI is InChI=1S/C22H42N4O7/c1-21(2,3)32-19(30)24-14-10-8-11-15(26-20(31)33-22(4,5)6)17(27)25-16(18(28)29)12-7-9-13-23/h15-16H,7-14,23H2,1-6H3,(H,24,30)(H,25,27)(H,26,31)(H,28,29)/t15?,16-/m0/s1. The van der Waals surface area contributed by atoms with Crippen molar-refractivity contribution < 1.29 is 33.8 Å². The average Bonchev–Trinajstić information content (AvgIpc) is 2.62. The van der Waals surface area contributed by atoms with E-state index in [1.165, 1.54) is 0 Å². The molecule has 0 fully saturated rings. The molecule has 192 valence electrons. The Labute approximate surface area is 196 Å². The van der Waals surface area contributed by atoms with Crippen LogP contribution in [0.4, 0.5) is 9.59 Å². The summed E-state index contributed by atoms with van der Waals surface area (Å²) in [7, 11) is 0. The molecule has 0 bridgehead atoms. The van der Waals surface area contributed by atoms with Gasteiger partial charge in [0.2, 0.25) is 5.91 Å². The minimum Gasteiger partial charge on any atom is -0.480 e. The van der Waals surface area contributed by atoms with Gasteiger partial charge in [-0.2, -0.15) is 0 Å². The normalized spacial score (nSPS) is 13.4. The molecule has 0 aromatic rings. The second-order valence-corrected chi connectivity index (χ2v) is 9.81. The van der Waals surface area contributed by atoms with Gasteiger partial charge in [-0.15, -0.1) is 0 Å². The van der Waals surface area contributed by atoms with Gasteiger partial charge in [-0.1, -0.05) is 0 Å². The molecular weight excluding hydrogens is 432 g/mol. The van der Waals surface area contributed by atoms with Crippen LogP contribution >= 0.6 is 0 Å². The molecule has 0 heterocycles. The van der Waals surface area contributed by atoms with E-state index in [1.54, 1.807) is 41.5 Å². The summed E-state index contributed by atoms with van der Waals surface area (Å²) < 4.78 is 10.4. The Morgan fingerprint density at radius 3 is 1.82 bits per heavy atom. The van der Waals surface area contributed by atoms with Crippen LogP contribution in [-0.4, -0.2) is 65.5 Å². The van der Waals surface area contributed by atoms with Gasteiger partial charge in [0.25, 0.3) is 0 Å². The third-order valence-corrected chi connectivity index (χ3v) is 4.16. The van der Waals surface area contributed by atoms with Crippen molar-refractivity contribution in [2.24, 2.45) is 5.73 Å². The first-order valence-corrected chi connectivity index (χ1v) is 11.3. The first kappa shape index (κ1) is 30.4. The highest BCUT2D eigenvalue weighted by atomic mass is 16.6. The summed E-state index contributed by atoms with van der Waals surface area (Å²) in [6.45, 7) is 11.1. The molecule has 0 aromatic heterocycles. The van der Waals surface area contributed by atoms with Gasteiger partial charge in [0, 0.05) is 6.54 Å². The minimum atomic E-state index is -1.15. The molecule has 0 aliphatic carbocycles. The lowest BCUT2D eigenvalue weighted by Crippen LogP contribution is -2.52. The number of carbonyl (C=O) groups excluding carboxylic acids is 3. The van der Waals surface area contributed by atoms with Gasteiger partial charge in [0.05, 0.1) is 0 Å². The number of nitrogens with one attached hydrogen (secondary N) is 3. The van der Waals surface area contributed by atoms with Crippen molar-refractivity contribution in [2.45, 2.75) is 103 Å². The number of hydrogen-bond acceptors (Lipinski definition) is 7. The van der Waals surface area contributed by atoms with Crippen molar-refractivity contribution in [2.75, 3.05) is 13.1 Å². The van der Waals surface area contributed by atoms with E-state index >= 15 is 0 Å². The summed E-state index contributed by atoms with van der Waals surface area (Å²) in [5, 5.41) is 17.0. The van der Waals surface area contributed by atoms with Crippen molar-refractivity contribution in [3.8, 4) is 0 Å². The van der Waals surface area contributed by atoms with Crippen LogP contribution in [0, 0.1) is 0 Å². The second kappa shape index (κ2) is 14.6. The Kier molecular flexibility index (Phi) is 13.4. The fourth-order valence-corrected chi connectivity index (χ4v) is 2.72. The maximum Gasteiger partial charge on any atom is 0.408 e. The maximum absolute atomic E-state index is 12.8. The molecule has 0 radical (unpaired) electrons. The van der Waals surface area contributed by atoms with Gasteiger partial charge in [-0.3, -0.25) is 4.79 Å². The molecule has 0 aliphatic rings. The lowest BCUT2D eigenvalue weighted by molar-refractivity contribution is -0.142. The van der Waals surface area contributed by atoms with Crippen molar-refractivity contribution in [3.63, 3.8) is 0 Å². The lowest BCUT2D eigenvalue weighted by Gasteiger charge is -2.24. The molecule has 0 aliphatic heterocycles. The van der Waals surface area contributed by atoms with Crippen LogP contribution in [0.1, 0.15) is 80.1 Å². The number of alkyl carbamates (subject to hydrolysis) is 2. The summed E-state index contributed by atoms with van der Waals surface area (Å²) in [5.74, 6) is -1.76. The first-order chi connectivity index (χ1) is 15.1. The number of unbranched alkanes of at least 4 members (excludes halogenated alkanes) is 2. The van der Waals surface area contributed by atoms with Crippen molar-refractivity contribution in [1.29, 1.82) is 0 Å². The van der Waals surface area contributed by atoms with Gasteiger partial charge in [0.15, 0.2) is 0 Å². The van der Waals surface area contributed by atoms with Gasteiger partial charge in [-0.05, 0) is 86.6 Å². The Morgan fingerprint density at radius 1 is 0.788 bits per heavy atom. The van der Waals surface area contributed by atoms with Crippen LogP contribution in [-0.2, 0) is 19.1 Å². The van der Waals surface area contributed by atoms with Crippen molar-refractivity contribution >= 4 is 24.1 Å². The Morgan fingerprint density at radius 2 is 1.30 bits per heavy atom. The molecule has 3 amide bonds. The number of nitrogens with two attached hydrogens (primary N) is 1. The largest absolute Gasteiger partial charge is 0.480 e. The molecular formula is C22H42N4O7. The zero-order valence-corrected chi connectivity index (χ0v) is 20.8. The SMILES string of the molecule is CC(C)(C)OC(=O)NCCCCC(NC(=O)OC(C)(C)C)C(=O)N[C@@H](CCCCN)C(=O)O. The maximum atomic E-state index is 12.8. The number of carbonyl (C=O) groups is 4. The first-order valence-electron chi connectivity index (χ1n) is 11.3. The van der Waals surface area contributed by atoms with Gasteiger partial charge >= 0.3 is 18.2 Å². The molecule has 0 spiro atoms. The van der Waals surface area contributed by atoms with E-state index in [-0.39, 0.29) is 12.8 Å². The van der Waals surface area contributed by atoms with E-state index in [0.29, 0.717) is 38.8 Å². The highest BCUT2D eigenvalue weighted by Gasteiger charge is 2.28. The number of amides is 3. The van der Waals surface area contributed by atoms with E-state index in [1.807, 2.05) is 0 Å². The predicted octanol–water partition coefficient (Wildman–Crippen LogP) is 2.27. The quantitative estimate of drug-likeness (QED) is 0.253. The van der Waals surface area contributed by atoms with Crippen LogP contribution in [0.2, 0.25) is 0 Å². The van der Waals surface area contributed by atoms with Crippen LogP contribution in [0.15, 0.2) is 0 Å². The number of carboxylic acid groups (broad SMARTS) is 1. The van der Waals surface area contributed by atoms with Gasteiger partial charge < -0.3 is 36.3 Å². The molecule has 6 N–H and O–H groups in total. The van der Waals surface area contributed by atoms with E-state index in [0.717, 1.165) is 0 Å². The number of carboxylic acids is 1. The zero-order valence-electron chi connectivity index (χ0n) is 20.8. The number of rotatable bonds is 13. The third kappa shape index (κ3) is 16.7. The fraction of sp³-hybridized carbons (Fsp3) is 0.818. The highest BCUT2D eigenvalue weighted by molar-refractivity contribution is 5.89. The average molecular weight is 475 g/mol. The molecule has 33 heavy (non-hydrogen) atoms. The summed E-state index contributed by atoms with van der Waals surface area (Å²) in [4.78, 5) is 48.2. The zero-order chi connectivity index (χ0) is 25.7. The van der Waals surface area contributed by atoms with E-state index in [9.17, 15) is 24.3 Å². The molecule has 0 aromatic carbocycles. The number of hydrogen-bond donors (Lipinski definition) is 5. The summed E-state index contributed by atoms with van der Waals surface area (Å²) in [5.41, 5.74) is 4.09. The monoisotopic (exact) mass is 474 g/mol. The Hall–Kier alpha value is -2.56. The summed E-state index contributed by atoms with van der Waals surface area (Å²) in [6, 6.07) is -2.07. The van der Waals surface area contributed by atoms with Crippen LogP contribution in [0.5, 0.6) is 0 Å². The van der Waals surface area contributed by atoms with Crippen molar-refractivity contribution in [3.05, 3.63) is 0 Å². The molecule has 2 atom stereocenters. The van der Waals surface area contributed by atoms with Crippen LogP contribution in [0.3, 0.4) is 0 Å². The number of ether oxygens (including phenoxy) is 2. The topological polar surface area (TPSA) is 169 Å². The second-order valence-electron chi connectivity index (χ2n) is 9.81. The third-order valence-electron chi connectivity index (χ3n) is 4.16. The fourth-order valence-electron chi connectivity index (χ4n) is 2.72. The predicted molar refractivity (Wildman–Crippen MR) is 124 cm³/mol. The van der Waals surface area contributed by atoms with Crippen molar-refractivity contribution in [1.82, 2.24) is 16.0 Å². The number of aliphatic carboxylic acids is 1. The smallest absolute Gasteiger partial charge is 0.408 e. The lowest BCUT2D eigenvalue weighted by atomic mass is 10.1. The molecule has 1 unspecified atom stereocenters. The molecule has 11 heteroatoms. The van der Waals surface area contributed by atoms with Gasteiger partial charge in [0.1, 0.15) is 23.3 Å². The summed E-state index contributed by atoms with van der Waals surface area (Å²) in [6.07, 6.45) is 1.35. The van der Waals surface area contributed by atoms with Gasteiger partial charge in [-0.25, -0.2) is 14.4 Å². The minimum absolute atomic E-state index is 0.232. The van der Waals surface area contributed by atoms with E-state index in [2.05, 4.69) is 16.0 Å². The molecule has 0 saturated heterocycles. The highest BCUT2D eigenvalue weighted by Crippen LogP contribution is 2.10. The van der Waals surface area contributed by atoms with Crippen LogP contribution < -0.4 is 21.7 Å². The van der Waals surface area contributed by atoms with E-state index < -0.39 is 47.3 Å². The molecule has 11 nitrogen and oxygen atoms in total. The van der Waals surface area contributed by atoms with E-state index in [4.69, 9.17) is 15.2 Å². The molecule has 0 saturated carbocycles. The van der Waals surface area contributed by atoms with Crippen LogP contribution in [0.25, 0.3) is 0 Å². The molecule has 0 rings (SSSR count). The Bertz CT molecular complexity index is 642.